The lowest BCUT2D eigenvalue weighted by molar-refractivity contribution is 0.161. The van der Waals surface area contributed by atoms with E-state index in [0.717, 1.165) is 37.1 Å². The molecule has 0 saturated heterocycles. The van der Waals surface area contributed by atoms with Gasteiger partial charge < -0.3 is 20.3 Å². The van der Waals surface area contributed by atoms with E-state index >= 15 is 0 Å². The van der Waals surface area contributed by atoms with E-state index in [2.05, 4.69) is 15.6 Å². The van der Waals surface area contributed by atoms with Crippen LogP contribution in [-0.2, 0) is 13.5 Å². The zero-order valence-electron chi connectivity index (χ0n) is 14.6. The van der Waals surface area contributed by atoms with Crippen molar-refractivity contribution >= 4 is 6.03 Å². The molecule has 2 amide bonds. The van der Waals surface area contributed by atoms with E-state index in [9.17, 15) is 9.90 Å². The second kappa shape index (κ2) is 7.70. The van der Waals surface area contributed by atoms with Gasteiger partial charge >= 0.3 is 6.03 Å². The van der Waals surface area contributed by atoms with Gasteiger partial charge in [-0.2, -0.15) is 0 Å². The Morgan fingerprint density at radius 3 is 2.64 bits per heavy atom. The van der Waals surface area contributed by atoms with Crippen molar-refractivity contribution in [3.05, 3.63) is 54.1 Å². The van der Waals surface area contributed by atoms with Crippen LogP contribution in [0.5, 0.6) is 0 Å². The highest BCUT2D eigenvalue weighted by atomic mass is 16.3. The maximum atomic E-state index is 12.6. The Kier molecular flexibility index (Phi) is 5.38. The number of aliphatic hydroxyl groups is 1. The van der Waals surface area contributed by atoms with Crippen LogP contribution in [0.1, 0.15) is 43.1 Å². The fourth-order valence-electron chi connectivity index (χ4n) is 3.52. The Morgan fingerprint density at radius 1 is 1.32 bits per heavy atom. The van der Waals surface area contributed by atoms with E-state index in [1.807, 2.05) is 48.1 Å². The average molecular weight is 342 g/mol. The van der Waals surface area contributed by atoms with E-state index in [1.54, 1.807) is 6.20 Å². The van der Waals surface area contributed by atoms with Crippen molar-refractivity contribution in [1.82, 2.24) is 20.2 Å². The monoisotopic (exact) mass is 342 g/mol. The number of aryl methyl sites for hydroxylation is 1. The maximum Gasteiger partial charge on any atom is 0.315 e. The van der Waals surface area contributed by atoms with Gasteiger partial charge in [0, 0.05) is 25.9 Å². The summed E-state index contributed by atoms with van der Waals surface area (Å²) in [4.78, 5) is 17.0. The Bertz CT molecular complexity index is 692. The summed E-state index contributed by atoms with van der Waals surface area (Å²) in [6.45, 7) is -0.0181. The van der Waals surface area contributed by atoms with Crippen LogP contribution in [-0.4, -0.2) is 32.8 Å². The summed E-state index contributed by atoms with van der Waals surface area (Å²) in [7, 11) is 1.95. The predicted octanol–water partition coefficient (Wildman–Crippen LogP) is 2.31. The molecule has 6 nitrogen and oxygen atoms in total. The fourth-order valence-corrected chi connectivity index (χ4v) is 3.52. The van der Waals surface area contributed by atoms with Gasteiger partial charge in [0.15, 0.2) is 0 Å². The number of urea groups is 1. The number of carbonyl (C=O) groups excluding carboxylic acids is 1. The van der Waals surface area contributed by atoms with Gasteiger partial charge in [-0.15, -0.1) is 0 Å². The predicted molar refractivity (Wildman–Crippen MR) is 96.0 cm³/mol. The summed E-state index contributed by atoms with van der Waals surface area (Å²) in [5, 5.41) is 15.8. The minimum absolute atomic E-state index is 0.0181. The number of amides is 2. The van der Waals surface area contributed by atoms with Gasteiger partial charge in [-0.1, -0.05) is 43.2 Å². The molecule has 1 saturated carbocycles. The summed E-state index contributed by atoms with van der Waals surface area (Å²) in [5.74, 6) is 0.909. The number of imidazole rings is 1. The van der Waals surface area contributed by atoms with Crippen molar-refractivity contribution < 1.29 is 9.90 Å². The standard InChI is InChI=1S/C19H26N4O2/c1-23-12-11-20-17(23)13-16(15-7-3-2-4-8-15)21-18(25)22-19(14-24)9-5-6-10-19/h2-4,7-8,11-12,16,24H,5-6,9-10,13-14H2,1H3,(H2,21,22,25). The first kappa shape index (κ1) is 17.5. The lowest BCUT2D eigenvalue weighted by Gasteiger charge is -2.29. The molecule has 1 heterocycles. The molecule has 0 spiro atoms. The second-order valence-corrected chi connectivity index (χ2v) is 6.87. The number of rotatable bonds is 6. The number of nitrogens with one attached hydrogen (secondary N) is 2. The van der Waals surface area contributed by atoms with Gasteiger partial charge in [-0.25, -0.2) is 9.78 Å². The summed E-state index contributed by atoms with van der Waals surface area (Å²) in [6.07, 6.45) is 7.99. The summed E-state index contributed by atoms with van der Waals surface area (Å²) in [6, 6.07) is 9.48. The number of carbonyl (C=O) groups is 1. The van der Waals surface area contributed by atoms with Crippen LogP contribution in [0.25, 0.3) is 0 Å². The second-order valence-electron chi connectivity index (χ2n) is 6.87. The third-order valence-corrected chi connectivity index (χ3v) is 5.06. The summed E-state index contributed by atoms with van der Waals surface area (Å²) >= 11 is 0. The molecule has 1 aromatic heterocycles. The van der Waals surface area contributed by atoms with Crippen molar-refractivity contribution in [3.63, 3.8) is 0 Å². The Hall–Kier alpha value is -2.34. The minimum atomic E-state index is -0.478. The molecule has 6 heteroatoms. The Morgan fingerprint density at radius 2 is 2.04 bits per heavy atom. The van der Waals surface area contributed by atoms with E-state index in [4.69, 9.17) is 0 Å². The number of aliphatic hydroxyl groups excluding tert-OH is 1. The van der Waals surface area contributed by atoms with Crippen LogP contribution in [0.3, 0.4) is 0 Å². The molecule has 0 radical (unpaired) electrons. The molecular formula is C19H26N4O2. The van der Waals surface area contributed by atoms with Crippen LogP contribution < -0.4 is 10.6 Å². The molecule has 2 aromatic rings. The van der Waals surface area contributed by atoms with Crippen molar-refractivity contribution in [2.75, 3.05) is 6.61 Å². The zero-order chi connectivity index (χ0) is 17.7. The lowest BCUT2D eigenvalue weighted by Crippen LogP contribution is -2.53. The van der Waals surface area contributed by atoms with Gasteiger partial charge in [0.2, 0.25) is 0 Å². The largest absolute Gasteiger partial charge is 0.394 e. The van der Waals surface area contributed by atoms with Crippen LogP contribution in [0.2, 0.25) is 0 Å². The smallest absolute Gasteiger partial charge is 0.315 e. The molecule has 0 bridgehead atoms. The molecule has 3 rings (SSSR count). The first-order valence-electron chi connectivity index (χ1n) is 8.83. The SMILES string of the molecule is Cn1ccnc1CC(NC(=O)NC1(CO)CCCC1)c1ccccc1. The van der Waals surface area contributed by atoms with E-state index in [1.165, 1.54) is 0 Å². The van der Waals surface area contributed by atoms with Gasteiger partial charge in [0.1, 0.15) is 5.82 Å². The van der Waals surface area contributed by atoms with Crippen LogP contribution in [0.15, 0.2) is 42.7 Å². The highest BCUT2D eigenvalue weighted by molar-refractivity contribution is 5.75. The topological polar surface area (TPSA) is 79.2 Å². The zero-order valence-corrected chi connectivity index (χ0v) is 14.6. The number of benzene rings is 1. The Balaban J connectivity index is 1.73. The first-order valence-corrected chi connectivity index (χ1v) is 8.83. The molecule has 1 aliphatic carbocycles. The molecule has 1 aliphatic rings. The molecule has 1 atom stereocenters. The van der Waals surface area contributed by atoms with Crippen molar-refractivity contribution in [3.8, 4) is 0 Å². The van der Waals surface area contributed by atoms with Crippen molar-refractivity contribution in [1.29, 1.82) is 0 Å². The lowest BCUT2D eigenvalue weighted by atomic mass is 9.99. The summed E-state index contributed by atoms with van der Waals surface area (Å²) < 4.78 is 1.96. The van der Waals surface area contributed by atoms with Gasteiger partial charge in [0.05, 0.1) is 18.2 Å². The third-order valence-electron chi connectivity index (χ3n) is 5.06. The van der Waals surface area contributed by atoms with Crippen molar-refractivity contribution in [2.45, 2.75) is 43.7 Å². The molecule has 134 valence electrons. The third kappa shape index (κ3) is 4.20. The molecule has 1 fully saturated rings. The van der Waals surface area contributed by atoms with Crippen LogP contribution in [0.4, 0.5) is 4.79 Å². The average Bonchev–Trinajstić information content (AvgIpc) is 3.25. The molecule has 1 aromatic carbocycles. The molecular weight excluding hydrogens is 316 g/mol. The van der Waals surface area contributed by atoms with Crippen LogP contribution >= 0.6 is 0 Å². The normalized spacial score (nSPS) is 17.2. The first-order chi connectivity index (χ1) is 12.1. The van der Waals surface area contributed by atoms with Crippen LogP contribution in [0, 0.1) is 0 Å². The van der Waals surface area contributed by atoms with E-state index < -0.39 is 5.54 Å². The maximum absolute atomic E-state index is 12.6. The molecule has 25 heavy (non-hydrogen) atoms. The number of nitrogens with zero attached hydrogens (tertiary/aromatic N) is 2. The number of aromatic nitrogens is 2. The Labute approximate surface area is 148 Å². The highest BCUT2D eigenvalue weighted by Crippen LogP contribution is 2.29. The number of hydrogen-bond acceptors (Lipinski definition) is 3. The highest BCUT2D eigenvalue weighted by Gasteiger charge is 2.35. The molecule has 3 N–H and O–H groups in total. The van der Waals surface area contributed by atoms with E-state index in [-0.39, 0.29) is 18.7 Å². The minimum Gasteiger partial charge on any atom is -0.394 e. The molecule has 0 aliphatic heterocycles. The number of hydrogen-bond donors (Lipinski definition) is 3. The van der Waals surface area contributed by atoms with Gasteiger partial charge in [-0.3, -0.25) is 0 Å². The van der Waals surface area contributed by atoms with E-state index in [0.29, 0.717) is 6.42 Å². The molecule has 1 unspecified atom stereocenters. The van der Waals surface area contributed by atoms with Gasteiger partial charge in [-0.05, 0) is 18.4 Å². The quantitative estimate of drug-likeness (QED) is 0.754. The van der Waals surface area contributed by atoms with Crippen molar-refractivity contribution in [2.24, 2.45) is 7.05 Å². The summed E-state index contributed by atoms with van der Waals surface area (Å²) in [5.41, 5.74) is 0.555. The fraction of sp³-hybridized carbons (Fsp3) is 0.474. The van der Waals surface area contributed by atoms with Gasteiger partial charge in [0.25, 0.3) is 0 Å².